The van der Waals surface area contributed by atoms with Gasteiger partial charge in [0.15, 0.2) is 10.8 Å². The Morgan fingerprint density at radius 1 is 1.26 bits per heavy atom. The zero-order chi connectivity index (χ0) is 24.0. The molecule has 0 unspecified atom stereocenters. The van der Waals surface area contributed by atoms with Gasteiger partial charge < -0.3 is 10.0 Å². The van der Waals surface area contributed by atoms with Gasteiger partial charge in [-0.1, -0.05) is 6.92 Å². The molecule has 174 valence electrons. The topological polar surface area (TPSA) is 131 Å². The van der Waals surface area contributed by atoms with Crippen molar-refractivity contribution >= 4 is 51.5 Å². The van der Waals surface area contributed by atoms with Crippen LogP contribution in [0.3, 0.4) is 0 Å². The van der Waals surface area contributed by atoms with Crippen molar-refractivity contribution in [3.8, 4) is 5.13 Å². The summed E-state index contributed by atoms with van der Waals surface area (Å²) in [6, 6.07) is 1.76. The molecule has 0 aliphatic carbocycles. The van der Waals surface area contributed by atoms with Crippen LogP contribution in [-0.4, -0.2) is 53.8 Å². The number of carbonyl (C=O) groups excluding carboxylic acids is 1. The normalized spacial score (nSPS) is 13.9. The van der Waals surface area contributed by atoms with Gasteiger partial charge in [-0.25, -0.2) is 19.7 Å². The van der Waals surface area contributed by atoms with E-state index in [4.69, 9.17) is 4.98 Å². The van der Waals surface area contributed by atoms with Crippen molar-refractivity contribution in [3.05, 3.63) is 56.0 Å². The molecule has 5 heterocycles. The highest BCUT2D eigenvalue weighted by molar-refractivity contribution is 7.12. The summed E-state index contributed by atoms with van der Waals surface area (Å²) >= 11 is 2.59. The molecule has 0 saturated carbocycles. The monoisotopic (exact) mass is 496 g/mol. The number of pyridine rings is 2. The standard InChI is InChI=1S/C22H20N6O4S2/c1-3-15-24-17(34-26-15)7-14(29)12-8-27(9-12)16-6-11(2)18-19(30)13(21(31)32)10-28(20(18)25-16)22-23-4-5-33-22/h4-6,10,12H,3,7-9H2,1-2H3,(H,31,32). The summed E-state index contributed by atoms with van der Waals surface area (Å²) in [5.41, 5.74) is 0.0507. The molecule has 5 rings (SSSR count). The summed E-state index contributed by atoms with van der Waals surface area (Å²) < 4.78 is 5.78. The second kappa shape index (κ2) is 8.69. The molecule has 0 bridgehead atoms. The fourth-order valence-corrected chi connectivity index (χ4v) is 5.29. The number of fused-ring (bicyclic) bond motifs is 1. The van der Waals surface area contributed by atoms with Gasteiger partial charge in [-0.2, -0.15) is 4.37 Å². The summed E-state index contributed by atoms with van der Waals surface area (Å²) in [5, 5.41) is 12.8. The molecule has 4 aromatic rings. The van der Waals surface area contributed by atoms with E-state index in [0.29, 0.717) is 35.2 Å². The van der Waals surface area contributed by atoms with Gasteiger partial charge in [-0.3, -0.25) is 14.2 Å². The maximum atomic E-state index is 12.9. The molecule has 0 aromatic carbocycles. The zero-order valence-electron chi connectivity index (χ0n) is 18.4. The number of ketones is 1. The third-order valence-electron chi connectivity index (χ3n) is 5.81. The van der Waals surface area contributed by atoms with Gasteiger partial charge >= 0.3 is 5.97 Å². The predicted octanol–water partition coefficient (Wildman–Crippen LogP) is 2.51. The molecule has 1 saturated heterocycles. The van der Waals surface area contributed by atoms with E-state index in [9.17, 15) is 19.5 Å². The lowest BCUT2D eigenvalue weighted by atomic mass is 9.93. The van der Waals surface area contributed by atoms with Crippen molar-refractivity contribution < 1.29 is 14.7 Å². The number of hydrogen-bond donors (Lipinski definition) is 1. The number of hydrogen-bond acceptors (Lipinski definition) is 10. The number of nitrogens with zero attached hydrogens (tertiary/aromatic N) is 6. The Morgan fingerprint density at radius 2 is 2.06 bits per heavy atom. The number of anilines is 1. The van der Waals surface area contributed by atoms with Crippen LogP contribution in [0.5, 0.6) is 0 Å². The minimum Gasteiger partial charge on any atom is -0.477 e. The number of thiazole rings is 1. The number of carbonyl (C=O) groups is 2. The quantitative estimate of drug-likeness (QED) is 0.410. The van der Waals surface area contributed by atoms with E-state index in [0.717, 1.165) is 17.3 Å². The van der Waals surface area contributed by atoms with Crippen LogP contribution in [0, 0.1) is 12.8 Å². The van der Waals surface area contributed by atoms with E-state index in [1.54, 1.807) is 29.1 Å². The first kappa shape index (κ1) is 22.3. The van der Waals surface area contributed by atoms with Crippen molar-refractivity contribution in [1.82, 2.24) is 23.9 Å². The second-order valence-electron chi connectivity index (χ2n) is 8.06. The van der Waals surface area contributed by atoms with Crippen LogP contribution in [-0.2, 0) is 17.6 Å². The SMILES string of the molecule is CCc1nsc(CC(=O)C2CN(c3cc(C)c4c(=O)c(C(=O)O)cn(-c5nccs5)c4n3)C2)n1. The zero-order valence-corrected chi connectivity index (χ0v) is 20.0. The van der Waals surface area contributed by atoms with Crippen LogP contribution < -0.4 is 10.3 Å². The van der Waals surface area contributed by atoms with Crippen molar-refractivity contribution in [2.75, 3.05) is 18.0 Å². The van der Waals surface area contributed by atoms with Crippen LogP contribution in [0.15, 0.2) is 28.6 Å². The van der Waals surface area contributed by atoms with E-state index < -0.39 is 11.4 Å². The number of aryl methyl sites for hydroxylation is 2. The average molecular weight is 497 g/mol. The van der Waals surface area contributed by atoms with E-state index >= 15 is 0 Å². The Labute approximate surface area is 201 Å². The molecule has 1 fully saturated rings. The molecule has 12 heteroatoms. The molecule has 0 spiro atoms. The summed E-state index contributed by atoms with van der Waals surface area (Å²) in [6.07, 6.45) is 3.90. The van der Waals surface area contributed by atoms with Crippen molar-refractivity contribution in [3.63, 3.8) is 0 Å². The van der Waals surface area contributed by atoms with Gasteiger partial charge in [0.2, 0.25) is 5.43 Å². The van der Waals surface area contributed by atoms with Crippen molar-refractivity contribution in [2.45, 2.75) is 26.7 Å². The van der Waals surface area contributed by atoms with Crippen LogP contribution in [0.1, 0.15) is 33.7 Å². The molecular formula is C22H20N6O4S2. The number of Topliss-reactive ketones (excluding diaryl/α,β-unsaturated/α-hetero) is 1. The van der Waals surface area contributed by atoms with E-state index in [-0.39, 0.29) is 29.1 Å². The van der Waals surface area contributed by atoms with Gasteiger partial charge in [0, 0.05) is 37.3 Å². The molecule has 0 atom stereocenters. The lowest BCUT2D eigenvalue weighted by Gasteiger charge is -2.39. The van der Waals surface area contributed by atoms with Gasteiger partial charge in [-0.05, 0) is 30.1 Å². The first-order chi connectivity index (χ1) is 16.4. The molecule has 1 aliphatic rings. The molecule has 1 N–H and O–H groups in total. The largest absolute Gasteiger partial charge is 0.477 e. The molecule has 0 radical (unpaired) electrons. The summed E-state index contributed by atoms with van der Waals surface area (Å²) in [7, 11) is 0. The predicted molar refractivity (Wildman–Crippen MR) is 128 cm³/mol. The summed E-state index contributed by atoms with van der Waals surface area (Å²) in [4.78, 5) is 52.6. The Hall–Kier alpha value is -3.51. The number of aromatic nitrogens is 5. The third-order valence-corrected chi connectivity index (χ3v) is 7.33. The highest BCUT2D eigenvalue weighted by Crippen LogP contribution is 2.29. The fourth-order valence-electron chi connectivity index (χ4n) is 3.94. The first-order valence-electron chi connectivity index (χ1n) is 10.6. The number of rotatable bonds is 7. The van der Waals surface area contributed by atoms with Gasteiger partial charge in [0.05, 0.1) is 17.7 Å². The molecule has 4 aromatic heterocycles. The third kappa shape index (κ3) is 3.88. The molecule has 34 heavy (non-hydrogen) atoms. The minimum atomic E-state index is -1.30. The highest BCUT2D eigenvalue weighted by Gasteiger charge is 2.34. The van der Waals surface area contributed by atoms with Gasteiger partial charge in [0.1, 0.15) is 28.0 Å². The first-order valence-corrected chi connectivity index (χ1v) is 12.3. The van der Waals surface area contributed by atoms with Crippen molar-refractivity contribution in [1.29, 1.82) is 0 Å². The van der Waals surface area contributed by atoms with E-state index in [2.05, 4.69) is 14.3 Å². The van der Waals surface area contributed by atoms with E-state index in [1.807, 2.05) is 11.8 Å². The summed E-state index contributed by atoms with van der Waals surface area (Å²) in [5.74, 6) is 0.0918. The maximum absolute atomic E-state index is 12.9. The lowest BCUT2D eigenvalue weighted by molar-refractivity contribution is -0.122. The fraction of sp³-hybridized carbons (Fsp3) is 0.318. The maximum Gasteiger partial charge on any atom is 0.341 e. The van der Waals surface area contributed by atoms with Gasteiger partial charge in [0.25, 0.3) is 0 Å². The summed E-state index contributed by atoms with van der Waals surface area (Å²) in [6.45, 7) is 4.78. The smallest absolute Gasteiger partial charge is 0.341 e. The highest BCUT2D eigenvalue weighted by atomic mass is 32.1. The number of aromatic carboxylic acids is 1. The Balaban J connectivity index is 1.45. The minimum absolute atomic E-state index is 0.123. The van der Waals surface area contributed by atoms with Crippen LogP contribution >= 0.6 is 22.9 Å². The van der Waals surface area contributed by atoms with Crippen LogP contribution in [0.4, 0.5) is 5.82 Å². The van der Waals surface area contributed by atoms with Crippen molar-refractivity contribution in [2.24, 2.45) is 5.92 Å². The molecule has 10 nitrogen and oxygen atoms in total. The van der Waals surface area contributed by atoms with Crippen LogP contribution in [0.25, 0.3) is 16.2 Å². The molecular weight excluding hydrogens is 476 g/mol. The number of carboxylic acids is 1. The Bertz CT molecular complexity index is 1470. The second-order valence-corrected chi connectivity index (χ2v) is 9.77. The van der Waals surface area contributed by atoms with Gasteiger partial charge in [-0.15, -0.1) is 11.3 Å². The van der Waals surface area contributed by atoms with E-state index in [1.165, 1.54) is 29.1 Å². The Morgan fingerprint density at radius 3 is 2.71 bits per heavy atom. The Kier molecular flexibility index (Phi) is 5.70. The van der Waals surface area contributed by atoms with Crippen LogP contribution in [0.2, 0.25) is 0 Å². The molecule has 1 aliphatic heterocycles. The lowest BCUT2D eigenvalue weighted by Crippen LogP contribution is -2.51. The molecule has 0 amide bonds. The average Bonchev–Trinajstić information content (AvgIpc) is 3.44. The number of carboxylic acid groups (broad SMARTS) is 1.